The van der Waals surface area contributed by atoms with E-state index in [1.165, 1.54) is 116 Å². The summed E-state index contributed by atoms with van der Waals surface area (Å²) >= 11 is 0. The molecule has 1 amide bonds. The first kappa shape index (κ1) is 57.8. The minimum atomic E-state index is -5.11. The average molecular weight is 894 g/mol. The van der Waals surface area contributed by atoms with Crippen molar-refractivity contribution in [3.8, 4) is 0 Å². The van der Waals surface area contributed by atoms with Crippen molar-refractivity contribution in [2.45, 2.75) is 268 Å². The summed E-state index contributed by atoms with van der Waals surface area (Å²) in [7, 11) is -5.11. The van der Waals surface area contributed by atoms with Crippen molar-refractivity contribution in [1.29, 1.82) is 0 Å². The third kappa shape index (κ3) is 30.6. The molecule has 8 unspecified atom stereocenters. The van der Waals surface area contributed by atoms with Crippen LogP contribution in [0.4, 0.5) is 0 Å². The van der Waals surface area contributed by atoms with Gasteiger partial charge in [0.2, 0.25) is 5.91 Å². The number of hydrogen-bond donors (Lipinski definition) is 7. The fourth-order valence-electron chi connectivity index (χ4n) is 7.99. The van der Waals surface area contributed by atoms with E-state index in [0.717, 1.165) is 64.2 Å². The zero-order valence-electron chi connectivity index (χ0n) is 38.4. The van der Waals surface area contributed by atoms with Gasteiger partial charge in [-0.25, -0.2) is 4.18 Å². The lowest BCUT2D eigenvalue weighted by Crippen LogP contribution is -2.61. The standard InChI is InChI=1S/C47H91NO12S/c1-3-5-7-9-11-13-15-17-19-20-21-22-24-25-27-29-31-33-35-40(50)39(38-58-47-44(53)45(60-61(55,56)57)43(52)42(37-49)59-47)48-46(54)41(51)36-34-32-30-28-26-23-18-16-14-12-10-8-6-4-2/h14,16,39-45,47,49-53H,3-13,15,17-38H2,1-2H3,(H,48,54)(H,55,56,57)/b16-14-. The van der Waals surface area contributed by atoms with Crippen molar-refractivity contribution in [2.75, 3.05) is 13.2 Å². The highest BCUT2D eigenvalue weighted by molar-refractivity contribution is 7.80. The Morgan fingerprint density at radius 3 is 1.49 bits per heavy atom. The minimum Gasteiger partial charge on any atom is -0.394 e. The second kappa shape index (κ2) is 38.1. The largest absolute Gasteiger partial charge is 0.397 e. The number of rotatable bonds is 42. The molecule has 1 saturated heterocycles. The van der Waals surface area contributed by atoms with Gasteiger partial charge in [0.1, 0.15) is 30.5 Å². The number of hydrogen-bond acceptors (Lipinski definition) is 11. The molecule has 14 heteroatoms. The summed E-state index contributed by atoms with van der Waals surface area (Å²) in [6, 6.07) is -1.03. The van der Waals surface area contributed by atoms with Crippen LogP contribution in [0.25, 0.3) is 0 Å². The number of amides is 1. The van der Waals surface area contributed by atoms with E-state index in [1.54, 1.807) is 0 Å². The summed E-state index contributed by atoms with van der Waals surface area (Å²) in [5.74, 6) is -0.673. The van der Waals surface area contributed by atoms with Crippen LogP contribution in [0.5, 0.6) is 0 Å². The monoisotopic (exact) mass is 894 g/mol. The molecule has 1 aliphatic heterocycles. The zero-order valence-corrected chi connectivity index (χ0v) is 39.2. The quantitative estimate of drug-likeness (QED) is 0.0174. The van der Waals surface area contributed by atoms with Crippen LogP contribution >= 0.6 is 0 Å². The topological polar surface area (TPSA) is 212 Å². The SMILES string of the molecule is CCCCCC/C=C\CCCCCCCCC(O)C(=O)NC(COC1OC(CO)C(O)C(OS(=O)(=O)O)C1O)C(O)CCCCCCCCCCCCCCCCCCCC. The Morgan fingerprint density at radius 2 is 1.05 bits per heavy atom. The first-order chi connectivity index (χ1) is 29.4. The molecule has 0 spiro atoms. The van der Waals surface area contributed by atoms with E-state index in [1.807, 2.05) is 0 Å². The van der Waals surface area contributed by atoms with Crippen LogP contribution < -0.4 is 5.32 Å². The molecule has 7 N–H and O–H groups in total. The van der Waals surface area contributed by atoms with E-state index in [2.05, 4.69) is 35.5 Å². The number of ether oxygens (including phenoxy) is 2. The Labute approximate surface area is 371 Å². The molecule has 0 aromatic heterocycles. The molecule has 362 valence electrons. The van der Waals surface area contributed by atoms with Crippen molar-refractivity contribution in [3.05, 3.63) is 12.2 Å². The second-order valence-corrected chi connectivity index (χ2v) is 18.6. The summed E-state index contributed by atoms with van der Waals surface area (Å²) < 4.78 is 47.6. The molecule has 0 radical (unpaired) electrons. The summed E-state index contributed by atoms with van der Waals surface area (Å²) in [6.07, 6.45) is 29.6. The van der Waals surface area contributed by atoms with Crippen molar-refractivity contribution in [2.24, 2.45) is 0 Å². The molecule has 61 heavy (non-hydrogen) atoms. The van der Waals surface area contributed by atoms with Crippen LogP contribution in [0.1, 0.15) is 219 Å². The van der Waals surface area contributed by atoms with Crippen molar-refractivity contribution < 1.29 is 57.0 Å². The Bertz CT molecular complexity index is 1160. The maximum atomic E-state index is 13.1. The smallest absolute Gasteiger partial charge is 0.394 e. The zero-order chi connectivity index (χ0) is 45.0. The third-order valence-corrected chi connectivity index (χ3v) is 12.4. The maximum Gasteiger partial charge on any atom is 0.397 e. The van der Waals surface area contributed by atoms with Gasteiger partial charge in [-0.3, -0.25) is 9.35 Å². The minimum absolute atomic E-state index is 0.255. The highest BCUT2D eigenvalue weighted by Crippen LogP contribution is 2.26. The van der Waals surface area contributed by atoms with Gasteiger partial charge in [-0.1, -0.05) is 193 Å². The number of aliphatic hydroxyl groups is 5. The van der Waals surface area contributed by atoms with Crippen LogP contribution in [0.15, 0.2) is 12.2 Å². The van der Waals surface area contributed by atoms with Crippen LogP contribution in [0, 0.1) is 0 Å². The second-order valence-electron chi connectivity index (χ2n) is 17.5. The highest BCUT2D eigenvalue weighted by Gasteiger charge is 2.48. The van der Waals surface area contributed by atoms with E-state index in [0.29, 0.717) is 19.3 Å². The van der Waals surface area contributed by atoms with Crippen molar-refractivity contribution >= 4 is 16.3 Å². The molecule has 0 aromatic carbocycles. The molecule has 0 bridgehead atoms. The van der Waals surface area contributed by atoms with Gasteiger partial charge >= 0.3 is 10.4 Å². The van der Waals surface area contributed by atoms with E-state index >= 15 is 0 Å². The van der Waals surface area contributed by atoms with Gasteiger partial charge in [-0.05, 0) is 38.5 Å². The molecule has 1 heterocycles. The van der Waals surface area contributed by atoms with E-state index in [9.17, 15) is 43.3 Å². The molecule has 8 atom stereocenters. The summed E-state index contributed by atoms with van der Waals surface area (Å²) in [6.45, 7) is 3.27. The van der Waals surface area contributed by atoms with Gasteiger partial charge in [0.05, 0.1) is 25.4 Å². The average Bonchev–Trinajstić information content (AvgIpc) is 3.23. The summed E-state index contributed by atoms with van der Waals surface area (Å²) in [5.41, 5.74) is 0. The van der Waals surface area contributed by atoms with Gasteiger partial charge < -0.3 is 40.3 Å². The molecule has 1 aliphatic rings. The Balaban J connectivity index is 2.52. The van der Waals surface area contributed by atoms with Crippen LogP contribution in [0.3, 0.4) is 0 Å². The predicted molar refractivity (Wildman–Crippen MR) is 242 cm³/mol. The lowest BCUT2D eigenvalue weighted by Gasteiger charge is -2.41. The van der Waals surface area contributed by atoms with Crippen molar-refractivity contribution in [3.63, 3.8) is 0 Å². The number of carbonyl (C=O) groups is 1. The first-order valence-electron chi connectivity index (χ1n) is 24.7. The Kier molecular flexibility index (Phi) is 36.1. The lowest BCUT2D eigenvalue weighted by molar-refractivity contribution is -0.298. The molecule has 0 aliphatic carbocycles. The maximum absolute atomic E-state index is 13.1. The number of allylic oxidation sites excluding steroid dienone is 2. The number of carbonyl (C=O) groups excluding carboxylic acids is 1. The molecule has 0 saturated carbocycles. The molecule has 1 rings (SSSR count). The van der Waals surface area contributed by atoms with Gasteiger partial charge in [0.25, 0.3) is 0 Å². The normalized spacial score (nSPS) is 21.2. The number of unbranched alkanes of at least 4 members (excludes halogenated alkanes) is 27. The van der Waals surface area contributed by atoms with Crippen LogP contribution in [0.2, 0.25) is 0 Å². The van der Waals surface area contributed by atoms with E-state index < -0.39 is 78.5 Å². The molecule has 13 nitrogen and oxygen atoms in total. The van der Waals surface area contributed by atoms with E-state index in [-0.39, 0.29) is 6.42 Å². The summed E-state index contributed by atoms with van der Waals surface area (Å²) in [5, 5.41) is 55.4. The number of aliphatic hydroxyl groups excluding tert-OH is 5. The Hall–Kier alpha value is -1.20. The van der Waals surface area contributed by atoms with Gasteiger partial charge in [0.15, 0.2) is 6.29 Å². The highest BCUT2D eigenvalue weighted by atomic mass is 32.3. The fourth-order valence-corrected chi connectivity index (χ4v) is 8.50. The van der Waals surface area contributed by atoms with Crippen LogP contribution in [-0.2, 0) is 28.9 Å². The summed E-state index contributed by atoms with van der Waals surface area (Å²) in [4.78, 5) is 13.1. The van der Waals surface area contributed by atoms with Gasteiger partial charge in [0, 0.05) is 0 Å². The third-order valence-electron chi connectivity index (χ3n) is 11.9. The molecule has 0 aromatic rings. The van der Waals surface area contributed by atoms with Crippen molar-refractivity contribution in [1.82, 2.24) is 5.32 Å². The van der Waals surface area contributed by atoms with Crippen LogP contribution in [-0.4, -0.2) is 107 Å². The molecule has 1 fully saturated rings. The number of nitrogens with one attached hydrogen (secondary N) is 1. The fraction of sp³-hybridized carbons (Fsp3) is 0.936. The first-order valence-corrected chi connectivity index (χ1v) is 26.0. The van der Waals surface area contributed by atoms with E-state index in [4.69, 9.17) is 9.47 Å². The molecular weight excluding hydrogens is 803 g/mol. The lowest BCUT2D eigenvalue weighted by atomic mass is 9.99. The predicted octanol–water partition coefficient (Wildman–Crippen LogP) is 8.92. The Morgan fingerprint density at radius 1 is 0.639 bits per heavy atom. The van der Waals surface area contributed by atoms with Gasteiger partial charge in [-0.15, -0.1) is 0 Å². The van der Waals surface area contributed by atoms with Gasteiger partial charge in [-0.2, -0.15) is 8.42 Å². The molecular formula is C47H91NO12S.